The fraction of sp³-hybridized carbons (Fsp3) is 0.919. The highest BCUT2D eigenvalue weighted by molar-refractivity contribution is 5.72. The Kier molecular flexibility index (Phi) is 27.0. The van der Waals surface area contributed by atoms with Gasteiger partial charge in [0.15, 0.2) is 6.29 Å². The number of esters is 1. The molecule has 258 valence electrons. The van der Waals surface area contributed by atoms with E-state index in [0.29, 0.717) is 24.8 Å². The minimum Gasteiger partial charge on any atom is -0.462 e. The third kappa shape index (κ3) is 16.1. The molecule has 0 aromatic carbocycles. The summed E-state index contributed by atoms with van der Waals surface area (Å²) in [5.41, 5.74) is -0.195. The van der Waals surface area contributed by atoms with Crippen molar-refractivity contribution < 1.29 is 24.1 Å². The molecule has 2 N–H and O–H groups in total. The lowest BCUT2D eigenvalue weighted by molar-refractivity contribution is -0.245. The second-order valence-corrected chi connectivity index (χ2v) is 12.7. The summed E-state index contributed by atoms with van der Waals surface area (Å²) in [6, 6.07) is 0.368. The zero-order valence-corrected chi connectivity index (χ0v) is 31.3. The number of carbonyl (C=O) groups excluding carboxylic acids is 1. The van der Waals surface area contributed by atoms with Gasteiger partial charge in [-0.2, -0.15) is 0 Å². The number of hydrogen-bond donors (Lipinski definition) is 2. The van der Waals surface area contributed by atoms with E-state index in [2.05, 4.69) is 73.6 Å². The molecule has 0 bridgehead atoms. The predicted octanol–water partition coefficient (Wildman–Crippen LogP) is 8.89. The van der Waals surface area contributed by atoms with Crippen molar-refractivity contribution in [1.29, 1.82) is 0 Å². The molecule has 2 aliphatic heterocycles. The molecule has 0 aromatic rings. The minimum atomic E-state index is -0.538. The van der Waals surface area contributed by atoms with Crippen molar-refractivity contribution in [3.63, 3.8) is 0 Å². The summed E-state index contributed by atoms with van der Waals surface area (Å²) in [5.74, 6) is 0.423. The number of aliphatic hydroxyl groups excluding tert-OH is 1. The van der Waals surface area contributed by atoms with Gasteiger partial charge in [-0.25, -0.2) is 0 Å². The first-order valence-electron chi connectivity index (χ1n) is 17.5. The van der Waals surface area contributed by atoms with E-state index >= 15 is 0 Å². The van der Waals surface area contributed by atoms with E-state index < -0.39 is 6.10 Å². The largest absolute Gasteiger partial charge is 0.462 e. The van der Waals surface area contributed by atoms with Crippen molar-refractivity contribution in [2.24, 2.45) is 35.0 Å². The molecule has 0 aliphatic carbocycles. The Labute approximate surface area is 269 Å². The zero-order chi connectivity index (χ0) is 34.5. The number of nitrogens with one attached hydrogen (secondary N) is 1. The molecule has 6 nitrogen and oxygen atoms in total. The molecule has 0 aromatic heterocycles. The van der Waals surface area contributed by atoms with E-state index in [1.54, 1.807) is 0 Å². The third-order valence-corrected chi connectivity index (χ3v) is 8.97. The number of rotatable bonds is 6. The predicted molar refractivity (Wildman–Crippen MR) is 185 cm³/mol. The van der Waals surface area contributed by atoms with Crippen molar-refractivity contribution in [3.05, 3.63) is 0 Å². The van der Waals surface area contributed by atoms with Gasteiger partial charge in [-0.05, 0) is 62.3 Å². The fourth-order valence-electron chi connectivity index (χ4n) is 6.38. The molecule has 2 aliphatic rings. The molecule has 0 amide bonds. The molecule has 6 heteroatoms. The number of aliphatic hydroxyl groups is 1. The van der Waals surface area contributed by atoms with Gasteiger partial charge in [0.1, 0.15) is 6.10 Å². The summed E-state index contributed by atoms with van der Waals surface area (Å²) in [6.45, 7) is 31.4. The summed E-state index contributed by atoms with van der Waals surface area (Å²) in [6.07, 6.45) is 11.8. The van der Waals surface area contributed by atoms with Gasteiger partial charge in [-0.15, -0.1) is 12.8 Å². The van der Waals surface area contributed by atoms with Crippen LogP contribution < -0.4 is 5.32 Å². The number of cyclic esters (lactones) is 1. The van der Waals surface area contributed by atoms with Crippen LogP contribution in [0, 0.1) is 47.9 Å². The molecule has 43 heavy (non-hydrogen) atoms. The van der Waals surface area contributed by atoms with Crippen LogP contribution in [0.2, 0.25) is 0 Å². The molecular formula is C37H75NO5. The Morgan fingerprint density at radius 1 is 0.953 bits per heavy atom. The summed E-state index contributed by atoms with van der Waals surface area (Å²) in [4.78, 5) is 13.2. The standard InChI is InChI=1S/C29H55NO5.3C2H6.C2H2/c1-11-17(2)22(7)25-15-24(31)20(5)16-29(8,9)27(18(3)12-19(4)28(32)34-25)35-26-14-23(30-10)13-21(6)33-26;4*1-2/h17-27,30-31H,11-16H2,1-10H3;3*1-2H3;1-2H/t17?,18?,19-,20?,21?,22?,23?,24?,25?,26?,27?;;;;/m1..../s1. The van der Waals surface area contributed by atoms with Crippen molar-refractivity contribution >= 4 is 5.97 Å². The molecular weight excluding hydrogens is 538 g/mol. The van der Waals surface area contributed by atoms with Gasteiger partial charge < -0.3 is 24.6 Å². The molecule has 0 spiro atoms. The van der Waals surface area contributed by atoms with E-state index in [1.807, 2.05) is 55.5 Å². The second kappa shape index (κ2) is 25.1. The Morgan fingerprint density at radius 3 is 1.98 bits per heavy atom. The Hall–Kier alpha value is -1.13. The van der Waals surface area contributed by atoms with Crippen LogP contribution in [-0.2, 0) is 19.0 Å². The van der Waals surface area contributed by atoms with Gasteiger partial charge in [0, 0.05) is 18.9 Å². The second-order valence-electron chi connectivity index (χ2n) is 12.7. The van der Waals surface area contributed by atoms with Crippen molar-refractivity contribution in [3.8, 4) is 12.8 Å². The molecule has 10 unspecified atom stereocenters. The molecule has 2 heterocycles. The van der Waals surface area contributed by atoms with E-state index in [1.165, 1.54) is 0 Å². The third-order valence-electron chi connectivity index (χ3n) is 8.97. The lowest BCUT2D eigenvalue weighted by Crippen LogP contribution is -2.48. The van der Waals surface area contributed by atoms with Crippen LogP contribution in [0.15, 0.2) is 0 Å². The first-order valence-corrected chi connectivity index (χ1v) is 17.5. The Morgan fingerprint density at radius 2 is 1.49 bits per heavy atom. The Bertz CT molecular complexity index is 696. The summed E-state index contributed by atoms with van der Waals surface area (Å²) < 4.78 is 19.0. The van der Waals surface area contributed by atoms with Crippen LogP contribution in [0.5, 0.6) is 0 Å². The maximum absolute atomic E-state index is 13.2. The maximum atomic E-state index is 13.2. The number of hydrogen-bond acceptors (Lipinski definition) is 6. The number of carbonyl (C=O) groups is 1. The quantitative estimate of drug-likeness (QED) is 0.230. The number of ether oxygens (including phenoxy) is 3. The molecule has 2 rings (SSSR count). The van der Waals surface area contributed by atoms with Crippen molar-refractivity contribution in [1.82, 2.24) is 5.32 Å². The molecule has 2 fully saturated rings. The van der Waals surface area contributed by atoms with E-state index in [0.717, 1.165) is 25.7 Å². The molecule has 2 saturated heterocycles. The zero-order valence-electron chi connectivity index (χ0n) is 31.3. The van der Waals surface area contributed by atoms with E-state index in [-0.39, 0.29) is 59.7 Å². The Balaban J connectivity index is -0.00000184. The van der Waals surface area contributed by atoms with Gasteiger partial charge in [0.2, 0.25) is 0 Å². The summed E-state index contributed by atoms with van der Waals surface area (Å²) >= 11 is 0. The van der Waals surface area contributed by atoms with Crippen LogP contribution in [0.4, 0.5) is 0 Å². The molecule has 0 radical (unpaired) electrons. The van der Waals surface area contributed by atoms with Crippen molar-refractivity contribution in [2.45, 2.75) is 179 Å². The fourth-order valence-corrected chi connectivity index (χ4v) is 6.38. The monoisotopic (exact) mass is 614 g/mol. The number of terminal acetylenes is 1. The van der Waals surface area contributed by atoms with E-state index in [4.69, 9.17) is 14.2 Å². The highest BCUT2D eigenvalue weighted by Gasteiger charge is 2.42. The van der Waals surface area contributed by atoms with Crippen molar-refractivity contribution in [2.75, 3.05) is 7.05 Å². The molecule has 11 atom stereocenters. The van der Waals surface area contributed by atoms with Crippen LogP contribution in [0.25, 0.3) is 0 Å². The normalized spacial score (nSPS) is 34.0. The van der Waals surface area contributed by atoms with E-state index in [9.17, 15) is 9.90 Å². The smallest absolute Gasteiger partial charge is 0.308 e. The topological polar surface area (TPSA) is 77.0 Å². The average Bonchev–Trinajstić information content (AvgIpc) is 3.01. The maximum Gasteiger partial charge on any atom is 0.308 e. The van der Waals surface area contributed by atoms with Crippen LogP contribution >= 0.6 is 0 Å². The highest BCUT2D eigenvalue weighted by Crippen LogP contribution is 2.41. The first-order chi connectivity index (χ1) is 20.3. The molecule has 0 saturated carbocycles. The lowest BCUT2D eigenvalue weighted by Gasteiger charge is -2.45. The van der Waals surface area contributed by atoms with Gasteiger partial charge in [-0.1, -0.05) is 103 Å². The van der Waals surface area contributed by atoms with Crippen LogP contribution in [-0.4, -0.2) is 54.9 Å². The van der Waals surface area contributed by atoms with Gasteiger partial charge >= 0.3 is 5.97 Å². The highest BCUT2D eigenvalue weighted by atomic mass is 16.7. The average molecular weight is 614 g/mol. The van der Waals surface area contributed by atoms with Gasteiger partial charge in [0.25, 0.3) is 0 Å². The lowest BCUT2D eigenvalue weighted by atomic mass is 9.70. The SMILES string of the molecule is C#C.CC.CC.CC.CCC(C)C(C)C1CC(O)C(C)CC(C)(C)C(OC2CC(NC)CC(C)O2)C(C)C[C@@H](C)C(=O)O1. The van der Waals surface area contributed by atoms with Crippen LogP contribution in [0.3, 0.4) is 0 Å². The van der Waals surface area contributed by atoms with Gasteiger partial charge in [-0.3, -0.25) is 4.79 Å². The first kappa shape index (κ1) is 46.3. The summed E-state index contributed by atoms with van der Waals surface area (Å²) in [5, 5.41) is 14.6. The van der Waals surface area contributed by atoms with Gasteiger partial charge in [0.05, 0.1) is 24.2 Å². The van der Waals surface area contributed by atoms with Crippen LogP contribution in [0.1, 0.15) is 142 Å². The summed E-state index contributed by atoms with van der Waals surface area (Å²) in [7, 11) is 1.99. The minimum absolute atomic E-state index is 0.0572.